The van der Waals surface area contributed by atoms with E-state index in [-0.39, 0.29) is 6.04 Å². The van der Waals surface area contributed by atoms with Crippen LogP contribution in [0.4, 0.5) is 0 Å². The number of nitrogens with one attached hydrogen (secondary N) is 1. The van der Waals surface area contributed by atoms with Crippen molar-refractivity contribution in [2.75, 3.05) is 20.6 Å². The summed E-state index contributed by atoms with van der Waals surface area (Å²) in [6.45, 7) is 1.08. The van der Waals surface area contributed by atoms with Gasteiger partial charge in [0.2, 0.25) is 0 Å². The van der Waals surface area contributed by atoms with Gasteiger partial charge in [-0.15, -0.1) is 0 Å². The summed E-state index contributed by atoms with van der Waals surface area (Å²) in [6, 6.07) is 0.150. The lowest BCUT2D eigenvalue weighted by Gasteiger charge is -2.04. The molecule has 0 saturated heterocycles. The number of hydrogen-bond acceptors (Lipinski definition) is 3. The van der Waals surface area contributed by atoms with E-state index < -0.39 is 0 Å². The van der Waals surface area contributed by atoms with Crippen LogP contribution in [0.2, 0.25) is 0 Å². The SMILES string of the molecule is CN=CC(N)CCCCNC. The van der Waals surface area contributed by atoms with Crippen molar-refractivity contribution < 1.29 is 0 Å². The highest BCUT2D eigenvalue weighted by Crippen LogP contribution is 1.95. The number of aliphatic imine (C=N–C) groups is 1. The fraction of sp³-hybridized carbons (Fsp3) is 0.875. The minimum absolute atomic E-state index is 0.150. The van der Waals surface area contributed by atoms with Crippen LogP contribution in [0.15, 0.2) is 4.99 Å². The predicted molar refractivity (Wildman–Crippen MR) is 50.2 cm³/mol. The lowest BCUT2D eigenvalue weighted by Crippen LogP contribution is -2.21. The summed E-state index contributed by atoms with van der Waals surface area (Å²) in [5, 5.41) is 3.10. The van der Waals surface area contributed by atoms with E-state index in [2.05, 4.69) is 10.3 Å². The minimum Gasteiger partial charge on any atom is -0.323 e. The Labute approximate surface area is 69.1 Å². The van der Waals surface area contributed by atoms with E-state index in [1.807, 2.05) is 7.05 Å². The number of rotatable bonds is 6. The first-order valence-electron chi connectivity index (χ1n) is 4.13. The van der Waals surface area contributed by atoms with Crippen LogP contribution in [0.3, 0.4) is 0 Å². The molecule has 3 heteroatoms. The second-order valence-corrected chi connectivity index (χ2v) is 2.67. The first-order chi connectivity index (χ1) is 5.31. The van der Waals surface area contributed by atoms with Gasteiger partial charge in [-0.25, -0.2) is 0 Å². The van der Waals surface area contributed by atoms with Gasteiger partial charge in [-0.3, -0.25) is 4.99 Å². The number of hydrogen-bond donors (Lipinski definition) is 2. The van der Waals surface area contributed by atoms with Crippen molar-refractivity contribution in [3.63, 3.8) is 0 Å². The summed E-state index contributed by atoms with van der Waals surface area (Å²) in [5.41, 5.74) is 5.70. The molecule has 0 spiro atoms. The normalized spacial score (nSPS) is 14.1. The molecule has 66 valence electrons. The van der Waals surface area contributed by atoms with E-state index in [0.29, 0.717) is 0 Å². The van der Waals surface area contributed by atoms with Crippen molar-refractivity contribution in [3.8, 4) is 0 Å². The van der Waals surface area contributed by atoms with Gasteiger partial charge in [0.1, 0.15) is 0 Å². The monoisotopic (exact) mass is 157 g/mol. The maximum absolute atomic E-state index is 5.70. The molecule has 0 aliphatic carbocycles. The Morgan fingerprint density at radius 1 is 1.55 bits per heavy atom. The van der Waals surface area contributed by atoms with Gasteiger partial charge in [-0.05, 0) is 26.4 Å². The molecule has 0 heterocycles. The molecule has 1 atom stereocenters. The Kier molecular flexibility index (Phi) is 7.41. The molecule has 0 aliphatic rings. The minimum atomic E-state index is 0.150. The Morgan fingerprint density at radius 2 is 2.27 bits per heavy atom. The fourth-order valence-electron chi connectivity index (χ4n) is 0.948. The van der Waals surface area contributed by atoms with Crippen molar-refractivity contribution in [1.29, 1.82) is 0 Å². The van der Waals surface area contributed by atoms with Crippen LogP contribution in [-0.2, 0) is 0 Å². The molecule has 0 rings (SSSR count). The Bertz CT molecular complexity index is 102. The molecule has 0 aliphatic heterocycles. The van der Waals surface area contributed by atoms with Gasteiger partial charge in [0.15, 0.2) is 0 Å². The van der Waals surface area contributed by atoms with Gasteiger partial charge in [0, 0.05) is 19.3 Å². The molecule has 3 nitrogen and oxygen atoms in total. The second-order valence-electron chi connectivity index (χ2n) is 2.67. The zero-order chi connectivity index (χ0) is 8.53. The quantitative estimate of drug-likeness (QED) is 0.433. The lowest BCUT2D eigenvalue weighted by atomic mass is 10.1. The van der Waals surface area contributed by atoms with E-state index in [0.717, 1.165) is 13.0 Å². The molecule has 0 saturated carbocycles. The average Bonchev–Trinajstić information content (AvgIpc) is 1.99. The Hall–Kier alpha value is -0.410. The maximum Gasteiger partial charge on any atom is 0.0394 e. The van der Waals surface area contributed by atoms with Gasteiger partial charge < -0.3 is 11.1 Å². The largest absolute Gasteiger partial charge is 0.323 e. The second kappa shape index (κ2) is 7.69. The predicted octanol–water partition coefficient (Wildman–Crippen LogP) is 0.404. The van der Waals surface area contributed by atoms with Crippen LogP contribution in [-0.4, -0.2) is 32.9 Å². The Morgan fingerprint density at radius 3 is 2.82 bits per heavy atom. The molecule has 0 radical (unpaired) electrons. The molecule has 3 N–H and O–H groups in total. The topological polar surface area (TPSA) is 50.4 Å². The molecule has 0 aromatic rings. The third-order valence-corrected chi connectivity index (χ3v) is 1.55. The first kappa shape index (κ1) is 10.6. The van der Waals surface area contributed by atoms with Gasteiger partial charge in [0.25, 0.3) is 0 Å². The van der Waals surface area contributed by atoms with E-state index >= 15 is 0 Å². The van der Waals surface area contributed by atoms with Gasteiger partial charge in [-0.2, -0.15) is 0 Å². The number of nitrogens with two attached hydrogens (primary N) is 1. The lowest BCUT2D eigenvalue weighted by molar-refractivity contribution is 0.624. The Balaban J connectivity index is 3.10. The zero-order valence-corrected chi connectivity index (χ0v) is 7.51. The van der Waals surface area contributed by atoms with E-state index in [1.54, 1.807) is 13.3 Å². The molecule has 0 amide bonds. The van der Waals surface area contributed by atoms with Gasteiger partial charge in [0.05, 0.1) is 0 Å². The van der Waals surface area contributed by atoms with E-state index in [9.17, 15) is 0 Å². The highest BCUT2D eigenvalue weighted by atomic mass is 14.8. The van der Waals surface area contributed by atoms with Crippen LogP contribution in [0, 0.1) is 0 Å². The summed E-state index contributed by atoms with van der Waals surface area (Å²) in [7, 11) is 3.72. The molecule has 1 unspecified atom stereocenters. The van der Waals surface area contributed by atoms with Crippen molar-refractivity contribution in [2.24, 2.45) is 10.7 Å². The van der Waals surface area contributed by atoms with Gasteiger partial charge in [-0.1, -0.05) is 6.42 Å². The molecular weight excluding hydrogens is 138 g/mol. The number of nitrogens with zero attached hydrogens (tertiary/aromatic N) is 1. The van der Waals surface area contributed by atoms with Crippen LogP contribution < -0.4 is 11.1 Å². The van der Waals surface area contributed by atoms with E-state index in [4.69, 9.17) is 5.73 Å². The highest BCUT2D eigenvalue weighted by molar-refractivity contribution is 5.63. The highest BCUT2D eigenvalue weighted by Gasteiger charge is 1.96. The standard InChI is InChI=1S/C8H19N3/c1-10-6-4-3-5-8(9)7-11-2/h7-8,10H,3-6,9H2,1-2H3. The summed E-state index contributed by atoms with van der Waals surface area (Å²) in [4.78, 5) is 3.87. The van der Waals surface area contributed by atoms with Crippen LogP contribution >= 0.6 is 0 Å². The van der Waals surface area contributed by atoms with Gasteiger partial charge >= 0.3 is 0 Å². The third-order valence-electron chi connectivity index (χ3n) is 1.55. The molecule has 11 heavy (non-hydrogen) atoms. The van der Waals surface area contributed by atoms with Crippen molar-refractivity contribution >= 4 is 6.21 Å². The van der Waals surface area contributed by atoms with Crippen LogP contribution in [0.1, 0.15) is 19.3 Å². The summed E-state index contributed by atoms with van der Waals surface area (Å²) < 4.78 is 0. The molecule has 0 bridgehead atoms. The molecule has 0 fully saturated rings. The first-order valence-corrected chi connectivity index (χ1v) is 4.13. The molecule has 0 aromatic heterocycles. The van der Waals surface area contributed by atoms with Crippen molar-refractivity contribution in [2.45, 2.75) is 25.3 Å². The fourth-order valence-corrected chi connectivity index (χ4v) is 0.948. The average molecular weight is 157 g/mol. The van der Waals surface area contributed by atoms with Crippen molar-refractivity contribution in [3.05, 3.63) is 0 Å². The molecule has 0 aromatic carbocycles. The van der Waals surface area contributed by atoms with Crippen LogP contribution in [0.5, 0.6) is 0 Å². The maximum atomic E-state index is 5.70. The molecular formula is C8H19N3. The van der Waals surface area contributed by atoms with Crippen molar-refractivity contribution in [1.82, 2.24) is 5.32 Å². The smallest absolute Gasteiger partial charge is 0.0394 e. The summed E-state index contributed by atoms with van der Waals surface area (Å²) in [5.74, 6) is 0. The summed E-state index contributed by atoms with van der Waals surface area (Å²) in [6.07, 6.45) is 5.22. The van der Waals surface area contributed by atoms with Crippen LogP contribution in [0.25, 0.3) is 0 Å². The summed E-state index contributed by atoms with van der Waals surface area (Å²) >= 11 is 0. The number of unbranched alkanes of at least 4 members (excludes halogenated alkanes) is 1. The zero-order valence-electron chi connectivity index (χ0n) is 7.51. The van der Waals surface area contributed by atoms with E-state index in [1.165, 1.54) is 12.8 Å². The third kappa shape index (κ3) is 7.49.